The van der Waals surface area contributed by atoms with Crippen LogP contribution in [0.3, 0.4) is 0 Å². The standard InChI is InChI=1S/C13H19ClN4/c14-12-16-9-10(15)11(17-12)18-7-5-13(6-8-18)3-1-2-4-13/h9H,1-8,15H2. The second kappa shape index (κ2) is 4.57. The summed E-state index contributed by atoms with van der Waals surface area (Å²) in [6.07, 6.45) is 9.73. The Balaban J connectivity index is 1.74. The highest BCUT2D eigenvalue weighted by Crippen LogP contribution is 2.46. The van der Waals surface area contributed by atoms with E-state index in [1.807, 2.05) is 0 Å². The zero-order valence-electron chi connectivity index (χ0n) is 10.5. The molecular weight excluding hydrogens is 248 g/mol. The van der Waals surface area contributed by atoms with Gasteiger partial charge in [0.15, 0.2) is 5.82 Å². The van der Waals surface area contributed by atoms with Gasteiger partial charge in [-0.15, -0.1) is 0 Å². The Morgan fingerprint density at radius 1 is 1.17 bits per heavy atom. The minimum Gasteiger partial charge on any atom is -0.394 e. The Labute approximate surface area is 113 Å². The fourth-order valence-corrected chi connectivity index (χ4v) is 3.56. The van der Waals surface area contributed by atoms with Crippen molar-refractivity contribution in [3.05, 3.63) is 11.5 Å². The van der Waals surface area contributed by atoms with Crippen molar-refractivity contribution < 1.29 is 0 Å². The average molecular weight is 267 g/mol. The average Bonchev–Trinajstić information content (AvgIpc) is 2.82. The van der Waals surface area contributed by atoms with E-state index in [2.05, 4.69) is 14.9 Å². The molecule has 1 aromatic rings. The van der Waals surface area contributed by atoms with Crippen molar-refractivity contribution in [1.29, 1.82) is 0 Å². The Hall–Kier alpha value is -1.03. The summed E-state index contributed by atoms with van der Waals surface area (Å²) in [5, 5.41) is 0.278. The van der Waals surface area contributed by atoms with Crippen molar-refractivity contribution in [3.8, 4) is 0 Å². The van der Waals surface area contributed by atoms with Crippen LogP contribution in [0.25, 0.3) is 0 Å². The van der Waals surface area contributed by atoms with E-state index in [1.165, 1.54) is 38.5 Å². The number of nitrogen functional groups attached to an aromatic ring is 1. The number of halogens is 1. The molecule has 1 spiro atoms. The number of rotatable bonds is 1. The minimum atomic E-state index is 0.278. The molecule has 0 bridgehead atoms. The van der Waals surface area contributed by atoms with Crippen LogP contribution in [0.15, 0.2) is 6.20 Å². The van der Waals surface area contributed by atoms with E-state index < -0.39 is 0 Å². The highest BCUT2D eigenvalue weighted by atomic mass is 35.5. The number of aromatic nitrogens is 2. The van der Waals surface area contributed by atoms with Crippen LogP contribution in [0.4, 0.5) is 11.5 Å². The number of hydrogen-bond donors (Lipinski definition) is 1. The first-order valence-corrected chi connectivity index (χ1v) is 7.09. The second-order valence-electron chi connectivity index (χ2n) is 5.61. The van der Waals surface area contributed by atoms with Gasteiger partial charge in [0.05, 0.1) is 11.9 Å². The van der Waals surface area contributed by atoms with Gasteiger partial charge in [-0.2, -0.15) is 4.98 Å². The number of anilines is 2. The van der Waals surface area contributed by atoms with Crippen LogP contribution in [-0.4, -0.2) is 23.1 Å². The molecule has 0 radical (unpaired) electrons. The van der Waals surface area contributed by atoms with Crippen molar-refractivity contribution in [2.24, 2.45) is 5.41 Å². The minimum absolute atomic E-state index is 0.278. The Kier molecular flexibility index (Phi) is 3.06. The van der Waals surface area contributed by atoms with Crippen LogP contribution in [-0.2, 0) is 0 Å². The topological polar surface area (TPSA) is 55.0 Å². The molecule has 4 nitrogen and oxygen atoms in total. The van der Waals surface area contributed by atoms with Gasteiger partial charge < -0.3 is 10.6 Å². The molecule has 0 unspecified atom stereocenters. The van der Waals surface area contributed by atoms with Crippen LogP contribution < -0.4 is 10.6 Å². The van der Waals surface area contributed by atoms with Crippen molar-refractivity contribution in [2.45, 2.75) is 38.5 Å². The summed E-state index contributed by atoms with van der Waals surface area (Å²) >= 11 is 5.85. The molecule has 2 fully saturated rings. The molecule has 2 heterocycles. The fourth-order valence-electron chi connectivity index (χ4n) is 3.43. The molecule has 1 aliphatic heterocycles. The van der Waals surface area contributed by atoms with Gasteiger partial charge in [0, 0.05) is 13.1 Å². The Morgan fingerprint density at radius 3 is 2.50 bits per heavy atom. The Bertz CT molecular complexity index is 433. The normalized spacial score (nSPS) is 22.6. The lowest BCUT2D eigenvalue weighted by Crippen LogP contribution is -2.39. The molecule has 1 aromatic heterocycles. The van der Waals surface area contributed by atoms with Crippen LogP contribution in [0.5, 0.6) is 0 Å². The predicted molar refractivity (Wildman–Crippen MR) is 73.8 cm³/mol. The van der Waals surface area contributed by atoms with E-state index in [1.54, 1.807) is 6.20 Å². The van der Waals surface area contributed by atoms with E-state index in [-0.39, 0.29) is 5.28 Å². The summed E-state index contributed by atoms with van der Waals surface area (Å²) in [5.74, 6) is 0.808. The summed E-state index contributed by atoms with van der Waals surface area (Å²) in [7, 11) is 0. The van der Waals surface area contributed by atoms with Crippen molar-refractivity contribution in [3.63, 3.8) is 0 Å². The van der Waals surface area contributed by atoms with Gasteiger partial charge >= 0.3 is 0 Å². The monoisotopic (exact) mass is 266 g/mol. The van der Waals surface area contributed by atoms with E-state index in [0.29, 0.717) is 11.1 Å². The largest absolute Gasteiger partial charge is 0.394 e. The molecule has 3 rings (SSSR count). The summed E-state index contributed by atoms with van der Waals surface area (Å²) in [6, 6.07) is 0. The Morgan fingerprint density at radius 2 is 1.83 bits per heavy atom. The smallest absolute Gasteiger partial charge is 0.224 e. The summed E-state index contributed by atoms with van der Waals surface area (Å²) < 4.78 is 0. The van der Waals surface area contributed by atoms with E-state index in [0.717, 1.165) is 18.9 Å². The van der Waals surface area contributed by atoms with Crippen LogP contribution in [0.2, 0.25) is 5.28 Å². The first-order valence-electron chi connectivity index (χ1n) is 6.72. The van der Waals surface area contributed by atoms with E-state index >= 15 is 0 Å². The highest BCUT2D eigenvalue weighted by molar-refractivity contribution is 6.28. The molecule has 2 N–H and O–H groups in total. The number of nitrogens with zero attached hydrogens (tertiary/aromatic N) is 3. The van der Waals surface area contributed by atoms with Crippen LogP contribution in [0, 0.1) is 5.41 Å². The molecule has 5 heteroatoms. The second-order valence-corrected chi connectivity index (χ2v) is 5.95. The van der Waals surface area contributed by atoms with Crippen LogP contribution in [0.1, 0.15) is 38.5 Å². The van der Waals surface area contributed by atoms with Crippen molar-refractivity contribution in [2.75, 3.05) is 23.7 Å². The maximum Gasteiger partial charge on any atom is 0.224 e. The molecule has 0 atom stereocenters. The molecule has 0 aromatic carbocycles. The van der Waals surface area contributed by atoms with Crippen molar-refractivity contribution in [1.82, 2.24) is 9.97 Å². The predicted octanol–water partition coefficient (Wildman–Crippen LogP) is 2.87. The van der Waals surface area contributed by atoms with E-state index in [4.69, 9.17) is 17.3 Å². The molecule has 0 amide bonds. The van der Waals surface area contributed by atoms with E-state index in [9.17, 15) is 0 Å². The molecule has 98 valence electrons. The maximum absolute atomic E-state index is 5.94. The lowest BCUT2D eigenvalue weighted by molar-refractivity contribution is 0.226. The lowest BCUT2D eigenvalue weighted by Gasteiger charge is -2.40. The van der Waals surface area contributed by atoms with Gasteiger partial charge in [-0.05, 0) is 42.7 Å². The van der Waals surface area contributed by atoms with Gasteiger partial charge in [0.25, 0.3) is 0 Å². The molecule has 18 heavy (non-hydrogen) atoms. The number of hydrogen-bond acceptors (Lipinski definition) is 4. The lowest BCUT2D eigenvalue weighted by atomic mass is 9.77. The molecular formula is C13H19ClN4. The van der Waals surface area contributed by atoms with Gasteiger partial charge in [0.1, 0.15) is 0 Å². The number of piperidine rings is 1. The maximum atomic E-state index is 5.94. The number of nitrogens with two attached hydrogens (primary N) is 1. The van der Waals surface area contributed by atoms with Gasteiger partial charge in [-0.3, -0.25) is 0 Å². The third-order valence-electron chi connectivity index (χ3n) is 4.55. The van der Waals surface area contributed by atoms with Crippen molar-refractivity contribution >= 4 is 23.1 Å². The van der Waals surface area contributed by atoms with Gasteiger partial charge in [-0.1, -0.05) is 12.8 Å². The first kappa shape index (κ1) is 12.0. The van der Waals surface area contributed by atoms with Gasteiger partial charge in [0.2, 0.25) is 5.28 Å². The highest BCUT2D eigenvalue weighted by Gasteiger charge is 2.37. The SMILES string of the molecule is Nc1cnc(Cl)nc1N1CCC2(CCCC2)CC1. The summed E-state index contributed by atoms with van der Waals surface area (Å²) in [6.45, 7) is 2.08. The first-order chi connectivity index (χ1) is 8.69. The molecule has 2 aliphatic rings. The molecule has 1 aliphatic carbocycles. The summed E-state index contributed by atoms with van der Waals surface area (Å²) in [4.78, 5) is 10.4. The zero-order valence-corrected chi connectivity index (χ0v) is 11.3. The quantitative estimate of drug-likeness (QED) is 0.794. The fraction of sp³-hybridized carbons (Fsp3) is 0.692. The molecule has 1 saturated heterocycles. The zero-order chi connectivity index (χ0) is 12.6. The molecule has 1 saturated carbocycles. The van der Waals surface area contributed by atoms with Crippen LogP contribution >= 0.6 is 11.6 Å². The third kappa shape index (κ3) is 2.14. The third-order valence-corrected chi connectivity index (χ3v) is 4.74. The summed E-state index contributed by atoms with van der Waals surface area (Å²) in [5.41, 5.74) is 7.18. The van der Waals surface area contributed by atoms with Gasteiger partial charge in [-0.25, -0.2) is 4.98 Å².